The van der Waals surface area contributed by atoms with Gasteiger partial charge in [0.25, 0.3) is 0 Å². The van der Waals surface area contributed by atoms with Gasteiger partial charge in [0.05, 0.1) is 18.7 Å². The smallest absolute Gasteiger partial charge is 0.328 e. The summed E-state index contributed by atoms with van der Waals surface area (Å²) in [5.41, 5.74) is 1.78. The van der Waals surface area contributed by atoms with Gasteiger partial charge in [-0.05, 0) is 30.5 Å². The third-order valence-corrected chi connectivity index (χ3v) is 6.11. The van der Waals surface area contributed by atoms with Crippen LogP contribution in [-0.4, -0.2) is 41.9 Å². The van der Waals surface area contributed by atoms with Gasteiger partial charge < -0.3 is 14.4 Å². The second kappa shape index (κ2) is 7.86. The lowest BCUT2D eigenvalue weighted by atomic mass is 9.63. The number of hydrogen-bond donors (Lipinski definition) is 0. The highest BCUT2D eigenvalue weighted by atomic mass is 16.5. The first kappa shape index (κ1) is 20.0. The summed E-state index contributed by atoms with van der Waals surface area (Å²) in [5, 5.41) is 0. The van der Waals surface area contributed by atoms with Crippen molar-refractivity contribution in [3.8, 4) is 0 Å². The minimum atomic E-state index is -0.800. The molecule has 0 aromatic heterocycles. The molecule has 0 aliphatic carbocycles. The molecule has 1 spiro atoms. The highest BCUT2D eigenvalue weighted by Gasteiger charge is 2.56. The van der Waals surface area contributed by atoms with Crippen molar-refractivity contribution in [2.24, 2.45) is 10.9 Å². The fraction of sp³-hybridized carbons (Fsp3) is 0.333. The number of esters is 1. The standard InChI is InChI=1S/C24H24N2O4/c1-16(27)12-19-22(28)26(14-17-8-4-3-5-9-17)21(23(29)30-2)13-24(19)15-25-20-11-7-6-10-18(20)24/h3-11,15,19,21H,12-14H2,1-2H3/t19-,21-,24+/m1/s1. The molecule has 30 heavy (non-hydrogen) atoms. The zero-order chi connectivity index (χ0) is 21.3. The van der Waals surface area contributed by atoms with Crippen LogP contribution in [-0.2, 0) is 31.1 Å². The number of Topliss-reactive ketones (excluding diaryl/α,β-unsaturated/α-hetero) is 1. The average molecular weight is 404 g/mol. The minimum Gasteiger partial charge on any atom is -0.467 e. The van der Waals surface area contributed by atoms with Crippen molar-refractivity contribution < 1.29 is 19.1 Å². The van der Waals surface area contributed by atoms with Crippen LogP contribution in [0.15, 0.2) is 59.6 Å². The van der Waals surface area contributed by atoms with Crippen molar-refractivity contribution in [3.63, 3.8) is 0 Å². The number of carbonyl (C=O) groups excluding carboxylic acids is 3. The fourth-order valence-corrected chi connectivity index (χ4v) is 4.69. The van der Waals surface area contributed by atoms with Gasteiger partial charge in [-0.15, -0.1) is 0 Å². The van der Waals surface area contributed by atoms with Gasteiger partial charge in [0, 0.05) is 24.6 Å². The number of ether oxygens (including phenoxy) is 1. The Hall–Kier alpha value is -3.28. The van der Waals surface area contributed by atoms with E-state index in [1.54, 1.807) is 11.1 Å². The molecule has 0 radical (unpaired) electrons. The number of methoxy groups -OCH3 is 1. The van der Waals surface area contributed by atoms with Gasteiger partial charge in [0.1, 0.15) is 11.8 Å². The number of piperidine rings is 1. The van der Waals surface area contributed by atoms with E-state index in [9.17, 15) is 14.4 Å². The lowest BCUT2D eigenvalue weighted by Gasteiger charge is -2.47. The first-order valence-electron chi connectivity index (χ1n) is 10.0. The number of rotatable bonds is 5. The SMILES string of the molecule is COC(=O)[C@H]1C[C@@]2(C=Nc3ccccc32)[C@H](CC(C)=O)C(=O)N1Cc1ccccc1. The Labute approximate surface area is 175 Å². The first-order valence-corrected chi connectivity index (χ1v) is 10.0. The van der Waals surface area contributed by atoms with Gasteiger partial charge >= 0.3 is 5.97 Å². The molecule has 3 atom stereocenters. The number of hydrogen-bond acceptors (Lipinski definition) is 5. The summed E-state index contributed by atoms with van der Waals surface area (Å²) in [5.74, 6) is -1.37. The van der Waals surface area contributed by atoms with Crippen LogP contribution in [0.3, 0.4) is 0 Å². The molecule has 6 heteroatoms. The number of nitrogens with zero attached hydrogens (tertiary/aromatic N) is 2. The maximum atomic E-state index is 13.8. The van der Waals surface area contributed by atoms with E-state index in [1.807, 2.05) is 54.6 Å². The predicted octanol–water partition coefficient (Wildman–Crippen LogP) is 3.21. The molecule has 0 unspecified atom stereocenters. The molecule has 1 saturated heterocycles. The Morgan fingerprint density at radius 3 is 2.53 bits per heavy atom. The van der Waals surface area contributed by atoms with Crippen LogP contribution in [0.5, 0.6) is 0 Å². The summed E-state index contributed by atoms with van der Waals surface area (Å²) in [6, 6.07) is 16.4. The fourth-order valence-electron chi connectivity index (χ4n) is 4.69. The molecule has 6 nitrogen and oxygen atoms in total. The van der Waals surface area contributed by atoms with Crippen LogP contribution in [0.4, 0.5) is 5.69 Å². The Balaban J connectivity index is 1.80. The molecule has 2 aliphatic rings. The molecule has 1 amide bonds. The largest absolute Gasteiger partial charge is 0.467 e. The molecule has 0 bridgehead atoms. The number of carbonyl (C=O) groups is 3. The van der Waals surface area contributed by atoms with Crippen LogP contribution in [0, 0.1) is 5.92 Å². The average Bonchev–Trinajstić information content (AvgIpc) is 3.12. The van der Waals surface area contributed by atoms with E-state index < -0.39 is 23.3 Å². The van der Waals surface area contributed by atoms with E-state index >= 15 is 0 Å². The molecule has 2 heterocycles. The van der Waals surface area contributed by atoms with Crippen LogP contribution in [0.25, 0.3) is 0 Å². The van der Waals surface area contributed by atoms with Crippen molar-refractivity contribution in [2.75, 3.05) is 7.11 Å². The third kappa shape index (κ3) is 3.32. The molecule has 1 fully saturated rings. The van der Waals surface area contributed by atoms with Gasteiger partial charge in [-0.25, -0.2) is 4.79 Å². The summed E-state index contributed by atoms with van der Waals surface area (Å²) >= 11 is 0. The molecule has 2 aliphatic heterocycles. The monoisotopic (exact) mass is 404 g/mol. The minimum absolute atomic E-state index is 0.0679. The van der Waals surface area contributed by atoms with Gasteiger partial charge in [-0.2, -0.15) is 0 Å². The van der Waals surface area contributed by atoms with Gasteiger partial charge in [-0.3, -0.25) is 9.79 Å². The van der Waals surface area contributed by atoms with Crippen LogP contribution in [0.2, 0.25) is 0 Å². The molecule has 2 aromatic rings. The first-order chi connectivity index (χ1) is 14.5. The van der Waals surface area contributed by atoms with Crippen molar-refractivity contribution >= 4 is 29.6 Å². The number of fused-ring (bicyclic) bond motifs is 2. The Morgan fingerprint density at radius 1 is 1.13 bits per heavy atom. The number of benzene rings is 2. The van der Waals surface area contributed by atoms with Crippen LogP contribution < -0.4 is 0 Å². The number of amides is 1. The quantitative estimate of drug-likeness (QED) is 0.717. The van der Waals surface area contributed by atoms with Crippen molar-refractivity contribution in [1.29, 1.82) is 0 Å². The van der Waals surface area contributed by atoms with E-state index in [2.05, 4.69) is 4.99 Å². The number of para-hydroxylation sites is 1. The van der Waals surface area contributed by atoms with Gasteiger partial charge in [0.15, 0.2) is 0 Å². The molecule has 4 rings (SSSR count). The van der Waals surface area contributed by atoms with Gasteiger partial charge in [0.2, 0.25) is 5.91 Å². The number of aliphatic imine (C=N–C) groups is 1. The van der Waals surface area contributed by atoms with Crippen molar-refractivity contribution in [3.05, 3.63) is 65.7 Å². The molecule has 0 saturated carbocycles. The lowest BCUT2D eigenvalue weighted by molar-refractivity contribution is -0.161. The normalized spacial score (nSPS) is 24.7. The Kier molecular flexibility index (Phi) is 5.24. The van der Waals surface area contributed by atoms with E-state index in [0.29, 0.717) is 6.42 Å². The second-order valence-corrected chi connectivity index (χ2v) is 7.97. The summed E-state index contributed by atoms with van der Waals surface area (Å²) < 4.78 is 5.07. The topological polar surface area (TPSA) is 76.0 Å². The molecular formula is C24H24N2O4. The van der Waals surface area contributed by atoms with Crippen LogP contribution >= 0.6 is 0 Å². The molecule has 2 aromatic carbocycles. The van der Waals surface area contributed by atoms with E-state index in [4.69, 9.17) is 4.74 Å². The third-order valence-electron chi connectivity index (χ3n) is 6.11. The summed E-state index contributed by atoms with van der Waals surface area (Å²) in [6.45, 7) is 1.77. The predicted molar refractivity (Wildman–Crippen MR) is 112 cm³/mol. The highest BCUT2D eigenvalue weighted by molar-refractivity contribution is 5.99. The van der Waals surface area contributed by atoms with E-state index in [0.717, 1.165) is 16.8 Å². The van der Waals surface area contributed by atoms with Gasteiger partial charge in [-0.1, -0.05) is 48.5 Å². The van der Waals surface area contributed by atoms with E-state index in [1.165, 1.54) is 14.0 Å². The molecule has 154 valence electrons. The lowest BCUT2D eigenvalue weighted by Crippen LogP contribution is -2.60. The van der Waals surface area contributed by atoms with Crippen LogP contribution in [0.1, 0.15) is 30.9 Å². The zero-order valence-corrected chi connectivity index (χ0v) is 17.1. The second-order valence-electron chi connectivity index (χ2n) is 7.97. The summed E-state index contributed by atoms with van der Waals surface area (Å²) in [6.07, 6.45) is 2.19. The molecule has 0 N–H and O–H groups in total. The highest BCUT2D eigenvalue weighted by Crippen LogP contribution is 2.50. The van der Waals surface area contributed by atoms with Crippen molar-refractivity contribution in [1.82, 2.24) is 4.90 Å². The Morgan fingerprint density at radius 2 is 1.83 bits per heavy atom. The maximum Gasteiger partial charge on any atom is 0.328 e. The zero-order valence-electron chi connectivity index (χ0n) is 17.1. The maximum absolute atomic E-state index is 13.8. The summed E-state index contributed by atoms with van der Waals surface area (Å²) in [4.78, 5) is 44.8. The van der Waals surface area contributed by atoms with E-state index in [-0.39, 0.29) is 24.7 Å². The molecular weight excluding hydrogens is 380 g/mol. The number of likely N-dealkylation sites (tertiary alicyclic amines) is 1. The Bertz CT molecular complexity index is 1020. The summed E-state index contributed by atoms with van der Waals surface area (Å²) in [7, 11) is 1.33. The van der Waals surface area contributed by atoms with Crippen molar-refractivity contribution in [2.45, 2.75) is 37.8 Å². The number of ketones is 1.